The lowest BCUT2D eigenvalue weighted by Gasteiger charge is -2.15. The number of anilines is 1. The van der Waals surface area contributed by atoms with Gasteiger partial charge < -0.3 is 5.43 Å². The van der Waals surface area contributed by atoms with Crippen molar-refractivity contribution >= 4 is 16.9 Å². The van der Waals surface area contributed by atoms with Crippen LogP contribution in [0.3, 0.4) is 0 Å². The normalized spacial score (nSPS) is 11.6. The van der Waals surface area contributed by atoms with Crippen molar-refractivity contribution in [1.82, 2.24) is 9.97 Å². The van der Waals surface area contributed by atoms with E-state index in [1.165, 1.54) is 18.2 Å². The number of nitrogens with zero attached hydrogens (tertiary/aromatic N) is 2. The minimum absolute atomic E-state index is 0.0150. The molecule has 0 saturated carbocycles. The van der Waals surface area contributed by atoms with E-state index < -0.39 is 11.7 Å². The van der Waals surface area contributed by atoms with Crippen LogP contribution in [0.1, 0.15) is 5.56 Å². The topological polar surface area (TPSA) is 63.8 Å². The highest BCUT2D eigenvalue weighted by Gasteiger charge is 2.34. The Bertz CT molecular complexity index is 830. The molecule has 0 spiro atoms. The second kappa shape index (κ2) is 5.27. The Hall–Kier alpha value is -2.67. The van der Waals surface area contributed by atoms with Crippen LogP contribution in [0, 0.1) is 0 Å². The third-order valence-corrected chi connectivity index (χ3v) is 3.25. The number of hydrogen-bond acceptors (Lipinski definition) is 4. The molecule has 0 amide bonds. The molecule has 0 atom stereocenters. The average Bonchev–Trinajstić information content (AvgIpc) is 2.52. The van der Waals surface area contributed by atoms with Crippen LogP contribution in [-0.2, 0) is 6.18 Å². The van der Waals surface area contributed by atoms with E-state index in [2.05, 4.69) is 15.4 Å². The van der Waals surface area contributed by atoms with E-state index in [0.29, 0.717) is 11.0 Å². The Kier molecular flexibility index (Phi) is 3.42. The maximum Gasteiger partial charge on any atom is 0.417 e. The van der Waals surface area contributed by atoms with E-state index >= 15 is 0 Å². The molecule has 0 aliphatic carbocycles. The minimum atomic E-state index is -4.47. The lowest BCUT2D eigenvalue weighted by Crippen LogP contribution is -2.12. The van der Waals surface area contributed by atoms with Gasteiger partial charge in [0.1, 0.15) is 5.82 Å². The van der Waals surface area contributed by atoms with Gasteiger partial charge in [0, 0.05) is 17.1 Å². The molecule has 22 heavy (non-hydrogen) atoms. The fourth-order valence-corrected chi connectivity index (χ4v) is 2.29. The van der Waals surface area contributed by atoms with Gasteiger partial charge >= 0.3 is 6.18 Å². The van der Waals surface area contributed by atoms with Crippen molar-refractivity contribution in [1.29, 1.82) is 0 Å². The number of pyridine rings is 2. The van der Waals surface area contributed by atoms with Crippen molar-refractivity contribution in [2.24, 2.45) is 5.84 Å². The summed E-state index contributed by atoms with van der Waals surface area (Å²) in [6.07, 6.45) is -2.91. The number of hydrazine groups is 1. The summed E-state index contributed by atoms with van der Waals surface area (Å²) in [5.41, 5.74) is 2.30. The van der Waals surface area contributed by atoms with Gasteiger partial charge in [-0.1, -0.05) is 18.2 Å². The van der Waals surface area contributed by atoms with E-state index in [1.807, 2.05) is 0 Å². The van der Waals surface area contributed by atoms with Crippen molar-refractivity contribution < 1.29 is 13.2 Å². The Labute approximate surface area is 123 Å². The molecule has 0 aliphatic heterocycles. The highest BCUT2D eigenvalue weighted by Crippen LogP contribution is 2.39. The van der Waals surface area contributed by atoms with Gasteiger partial charge in [-0.2, -0.15) is 13.2 Å². The molecule has 0 aliphatic rings. The first-order valence-corrected chi connectivity index (χ1v) is 6.39. The summed E-state index contributed by atoms with van der Waals surface area (Å²) in [5, 5.41) is 0.633. The van der Waals surface area contributed by atoms with Crippen molar-refractivity contribution in [2.45, 2.75) is 6.18 Å². The number of alkyl halides is 3. The van der Waals surface area contributed by atoms with Crippen molar-refractivity contribution in [3.05, 3.63) is 54.2 Å². The molecule has 1 aromatic carbocycles. The lowest BCUT2D eigenvalue weighted by atomic mass is 9.99. The van der Waals surface area contributed by atoms with Gasteiger partial charge in [-0.05, 0) is 29.8 Å². The first-order valence-electron chi connectivity index (χ1n) is 6.39. The van der Waals surface area contributed by atoms with Gasteiger partial charge in [0.2, 0.25) is 0 Å². The van der Waals surface area contributed by atoms with Gasteiger partial charge in [-0.3, -0.25) is 0 Å². The zero-order valence-electron chi connectivity index (χ0n) is 11.2. The van der Waals surface area contributed by atoms with Gasteiger partial charge in [0.05, 0.1) is 5.56 Å². The number of nitrogens with two attached hydrogens (primary N) is 1. The van der Waals surface area contributed by atoms with Gasteiger partial charge in [-0.25, -0.2) is 15.8 Å². The SMILES string of the molecule is NNc1nc2ncccc2cc1-c1ccccc1C(F)(F)F. The van der Waals surface area contributed by atoms with Gasteiger partial charge in [-0.15, -0.1) is 0 Å². The lowest BCUT2D eigenvalue weighted by molar-refractivity contribution is -0.137. The molecular formula is C15H11F3N4. The van der Waals surface area contributed by atoms with Crippen LogP contribution in [0.15, 0.2) is 48.7 Å². The quantitative estimate of drug-likeness (QED) is 0.561. The molecule has 3 aromatic rings. The highest BCUT2D eigenvalue weighted by atomic mass is 19.4. The van der Waals surface area contributed by atoms with Crippen molar-refractivity contribution in [2.75, 3.05) is 5.43 Å². The zero-order valence-corrected chi connectivity index (χ0v) is 11.2. The number of aromatic nitrogens is 2. The van der Waals surface area contributed by atoms with Crippen LogP contribution in [-0.4, -0.2) is 9.97 Å². The Morgan fingerprint density at radius 3 is 2.50 bits per heavy atom. The number of hydrogen-bond donors (Lipinski definition) is 2. The molecule has 4 nitrogen and oxygen atoms in total. The van der Waals surface area contributed by atoms with E-state index in [1.54, 1.807) is 24.4 Å². The number of benzene rings is 1. The average molecular weight is 304 g/mol. The molecule has 112 valence electrons. The molecule has 7 heteroatoms. The highest BCUT2D eigenvalue weighted by molar-refractivity contribution is 5.88. The van der Waals surface area contributed by atoms with Crippen molar-refractivity contribution in [3.8, 4) is 11.1 Å². The second-order valence-electron chi connectivity index (χ2n) is 4.62. The predicted octanol–water partition coefficient (Wildman–Crippen LogP) is 3.60. The largest absolute Gasteiger partial charge is 0.417 e. The Morgan fingerprint density at radius 1 is 1.00 bits per heavy atom. The number of nitrogens with one attached hydrogen (secondary N) is 1. The number of nitrogen functional groups attached to an aromatic ring is 1. The molecule has 2 heterocycles. The monoisotopic (exact) mass is 304 g/mol. The van der Waals surface area contributed by atoms with Crippen LogP contribution < -0.4 is 11.3 Å². The zero-order chi connectivity index (χ0) is 15.7. The molecular weight excluding hydrogens is 293 g/mol. The molecule has 2 aromatic heterocycles. The molecule has 0 fully saturated rings. The Balaban J connectivity index is 2.31. The van der Waals surface area contributed by atoms with Gasteiger partial charge in [0.25, 0.3) is 0 Å². The summed E-state index contributed by atoms with van der Waals surface area (Å²) < 4.78 is 39.6. The van der Waals surface area contributed by atoms with Crippen LogP contribution in [0.4, 0.5) is 19.0 Å². The van der Waals surface area contributed by atoms with Crippen LogP contribution in [0.25, 0.3) is 22.2 Å². The first-order chi connectivity index (χ1) is 10.5. The standard InChI is InChI=1S/C15H11F3N4/c16-15(17,18)12-6-2-1-5-10(12)11-8-9-4-3-7-20-13(9)21-14(11)22-19/h1-8H,19H2,(H,20,21,22). The smallest absolute Gasteiger partial charge is 0.308 e. The molecule has 0 radical (unpaired) electrons. The summed E-state index contributed by atoms with van der Waals surface area (Å²) in [6.45, 7) is 0. The summed E-state index contributed by atoms with van der Waals surface area (Å²) in [4.78, 5) is 8.25. The molecule has 0 saturated heterocycles. The van der Waals surface area contributed by atoms with E-state index in [-0.39, 0.29) is 16.9 Å². The molecule has 3 N–H and O–H groups in total. The van der Waals surface area contributed by atoms with Crippen LogP contribution in [0.2, 0.25) is 0 Å². The van der Waals surface area contributed by atoms with E-state index in [0.717, 1.165) is 6.07 Å². The summed E-state index contributed by atoms with van der Waals surface area (Å²) in [6, 6.07) is 10.3. The maximum absolute atomic E-state index is 13.2. The maximum atomic E-state index is 13.2. The number of fused-ring (bicyclic) bond motifs is 1. The third kappa shape index (κ3) is 2.46. The van der Waals surface area contributed by atoms with E-state index in [4.69, 9.17) is 5.84 Å². The number of rotatable bonds is 2. The first kappa shape index (κ1) is 14.3. The summed E-state index contributed by atoms with van der Waals surface area (Å²) in [7, 11) is 0. The number of halogens is 3. The van der Waals surface area contributed by atoms with Crippen LogP contribution in [0.5, 0.6) is 0 Å². The van der Waals surface area contributed by atoms with E-state index in [9.17, 15) is 13.2 Å². The molecule has 0 bridgehead atoms. The third-order valence-electron chi connectivity index (χ3n) is 3.25. The molecule has 0 unspecified atom stereocenters. The minimum Gasteiger partial charge on any atom is -0.308 e. The predicted molar refractivity (Wildman–Crippen MR) is 77.8 cm³/mol. The van der Waals surface area contributed by atoms with Gasteiger partial charge in [0.15, 0.2) is 5.65 Å². The molecule has 3 rings (SSSR count). The second-order valence-corrected chi connectivity index (χ2v) is 4.62. The summed E-state index contributed by atoms with van der Waals surface area (Å²) >= 11 is 0. The fourth-order valence-electron chi connectivity index (χ4n) is 2.29. The fraction of sp³-hybridized carbons (Fsp3) is 0.0667. The summed E-state index contributed by atoms with van der Waals surface area (Å²) in [5.74, 6) is 5.56. The Morgan fingerprint density at radius 2 is 1.77 bits per heavy atom. The van der Waals surface area contributed by atoms with Crippen LogP contribution >= 0.6 is 0 Å². The van der Waals surface area contributed by atoms with Crippen molar-refractivity contribution in [3.63, 3.8) is 0 Å².